The fourth-order valence-electron chi connectivity index (χ4n) is 2.25. The number of hydrogen-bond acceptors (Lipinski definition) is 4. The molecule has 0 aliphatic carbocycles. The Morgan fingerprint density at radius 1 is 0.895 bits per heavy atom. The molecule has 4 nitrogen and oxygen atoms in total. The smallest absolute Gasteiger partial charge is 0.0872 e. The summed E-state index contributed by atoms with van der Waals surface area (Å²) in [5.41, 5.74) is 0.0503. The molecule has 2 N–H and O–H groups in total. The molecular weight excluding hydrogens is 240 g/mol. The lowest BCUT2D eigenvalue weighted by Crippen LogP contribution is -2.65. The van der Waals surface area contributed by atoms with Gasteiger partial charge < -0.3 is 10.2 Å². The van der Waals surface area contributed by atoms with Gasteiger partial charge in [0.15, 0.2) is 0 Å². The topological polar surface area (TPSA) is 46.9 Å². The molecule has 0 spiro atoms. The second kappa shape index (κ2) is 5.32. The third-order valence-electron chi connectivity index (χ3n) is 3.82. The Labute approximate surface area is 118 Å². The summed E-state index contributed by atoms with van der Waals surface area (Å²) in [6.45, 7) is 18.2. The molecule has 2 rings (SSSR count). The molecular formula is C15H32N2O2. The van der Waals surface area contributed by atoms with E-state index in [9.17, 15) is 5.11 Å². The van der Waals surface area contributed by atoms with Gasteiger partial charge in [-0.05, 0) is 48.5 Å². The zero-order chi connectivity index (χ0) is 15.1. The van der Waals surface area contributed by atoms with Crippen LogP contribution in [0, 0.1) is 0 Å². The van der Waals surface area contributed by atoms with Crippen LogP contribution in [-0.4, -0.2) is 69.0 Å². The van der Waals surface area contributed by atoms with E-state index in [0.29, 0.717) is 0 Å². The Bertz CT molecular complexity index is 288. The van der Waals surface area contributed by atoms with Gasteiger partial charge in [-0.2, -0.15) is 0 Å². The second-order valence-corrected chi connectivity index (χ2v) is 8.25. The number of rotatable bonds is 0. The van der Waals surface area contributed by atoms with Gasteiger partial charge >= 0.3 is 0 Å². The fourth-order valence-corrected chi connectivity index (χ4v) is 2.25. The summed E-state index contributed by atoms with van der Waals surface area (Å²) in [5, 5.41) is 18.3. The average Bonchev–Trinajstić information content (AvgIpc) is 2.07. The summed E-state index contributed by atoms with van der Waals surface area (Å²) in [5.74, 6) is 0. The largest absolute Gasteiger partial charge is 0.390 e. The van der Waals surface area contributed by atoms with Gasteiger partial charge in [-0.3, -0.25) is 9.80 Å². The van der Waals surface area contributed by atoms with Crippen LogP contribution in [0.3, 0.4) is 0 Å². The van der Waals surface area contributed by atoms with Crippen molar-refractivity contribution in [2.75, 3.05) is 26.2 Å². The van der Waals surface area contributed by atoms with Gasteiger partial charge in [-0.25, -0.2) is 0 Å². The number of β-amino-alcohol motifs (C(OH)–C–C–N with tert-alkyl or cyclic N) is 2. The van der Waals surface area contributed by atoms with Crippen molar-refractivity contribution in [1.29, 1.82) is 0 Å². The van der Waals surface area contributed by atoms with E-state index < -0.39 is 5.60 Å². The monoisotopic (exact) mass is 272 g/mol. The molecule has 0 saturated carbocycles. The highest BCUT2D eigenvalue weighted by Crippen LogP contribution is 2.27. The summed E-state index contributed by atoms with van der Waals surface area (Å²) in [7, 11) is 0. The zero-order valence-electron chi connectivity index (χ0n) is 13.7. The molecule has 0 bridgehead atoms. The maximum Gasteiger partial charge on any atom is 0.0872 e. The van der Waals surface area contributed by atoms with E-state index in [1.165, 1.54) is 0 Å². The normalized spacial score (nSPS) is 25.1. The standard InChI is InChI=1S/C8H17NO.C7H15NO/c1-7(2,3)9-5-8(4,10)6-9;1-7(2,3)8-4-6(9)5-8/h10H,5-6H2,1-4H3;6,9H,4-5H2,1-3H3. The molecule has 0 aromatic heterocycles. The predicted octanol–water partition coefficient (Wildman–Crippen LogP) is 1.31. The van der Waals surface area contributed by atoms with Crippen molar-refractivity contribution in [2.24, 2.45) is 0 Å². The summed E-state index contributed by atoms with van der Waals surface area (Å²) in [6, 6.07) is 0. The highest BCUT2D eigenvalue weighted by molar-refractivity contribution is 4.96. The van der Waals surface area contributed by atoms with Crippen LogP contribution < -0.4 is 0 Å². The molecule has 0 atom stereocenters. The minimum Gasteiger partial charge on any atom is -0.390 e. The summed E-state index contributed by atoms with van der Waals surface area (Å²) < 4.78 is 0. The number of nitrogens with zero attached hydrogens (tertiary/aromatic N) is 2. The van der Waals surface area contributed by atoms with Crippen molar-refractivity contribution in [3.05, 3.63) is 0 Å². The lowest BCUT2D eigenvalue weighted by Gasteiger charge is -2.51. The third-order valence-corrected chi connectivity index (χ3v) is 3.82. The Balaban J connectivity index is 0.000000191. The molecule has 4 heteroatoms. The number of likely N-dealkylation sites (tertiary alicyclic amines) is 2. The van der Waals surface area contributed by atoms with Gasteiger partial charge in [0.25, 0.3) is 0 Å². The lowest BCUT2D eigenvalue weighted by atomic mass is 9.90. The molecule has 0 aromatic rings. The first-order chi connectivity index (χ1) is 8.31. The SMILES string of the molecule is CC(C)(C)N1CC(O)C1.CC1(O)CN(C(C)(C)C)C1. The fraction of sp³-hybridized carbons (Fsp3) is 1.00. The van der Waals surface area contributed by atoms with Crippen LogP contribution in [0.5, 0.6) is 0 Å². The lowest BCUT2D eigenvalue weighted by molar-refractivity contribution is -0.119. The van der Waals surface area contributed by atoms with Crippen LogP contribution in [0.1, 0.15) is 48.5 Å². The van der Waals surface area contributed by atoms with Gasteiger partial charge in [-0.15, -0.1) is 0 Å². The summed E-state index contributed by atoms with van der Waals surface area (Å²) >= 11 is 0. The molecule has 19 heavy (non-hydrogen) atoms. The molecule has 2 aliphatic heterocycles. The Hall–Kier alpha value is -0.160. The highest BCUT2D eigenvalue weighted by atomic mass is 16.3. The van der Waals surface area contributed by atoms with Gasteiger partial charge in [0.05, 0.1) is 11.7 Å². The number of aliphatic hydroxyl groups excluding tert-OH is 1. The molecule has 2 aliphatic rings. The minimum absolute atomic E-state index is 0.0655. The van der Waals surface area contributed by atoms with E-state index >= 15 is 0 Å². The van der Waals surface area contributed by atoms with Crippen LogP contribution in [-0.2, 0) is 0 Å². The van der Waals surface area contributed by atoms with Gasteiger partial charge in [0, 0.05) is 37.3 Å². The van der Waals surface area contributed by atoms with Gasteiger partial charge in [0.1, 0.15) is 0 Å². The van der Waals surface area contributed by atoms with E-state index in [-0.39, 0.29) is 17.2 Å². The van der Waals surface area contributed by atoms with Crippen molar-refractivity contribution >= 4 is 0 Å². The Morgan fingerprint density at radius 2 is 1.26 bits per heavy atom. The first kappa shape index (κ1) is 16.9. The number of aliphatic hydroxyl groups is 2. The van der Waals surface area contributed by atoms with E-state index in [1.807, 2.05) is 6.92 Å². The molecule has 2 saturated heterocycles. The first-order valence-corrected chi connectivity index (χ1v) is 7.22. The van der Waals surface area contributed by atoms with Crippen LogP contribution in [0.2, 0.25) is 0 Å². The first-order valence-electron chi connectivity index (χ1n) is 7.22. The van der Waals surface area contributed by atoms with E-state index in [2.05, 4.69) is 51.3 Å². The van der Waals surface area contributed by atoms with Crippen molar-refractivity contribution in [2.45, 2.75) is 71.2 Å². The quantitative estimate of drug-likeness (QED) is 0.698. The van der Waals surface area contributed by atoms with Crippen LogP contribution in [0.15, 0.2) is 0 Å². The summed E-state index contributed by atoms with van der Waals surface area (Å²) in [4.78, 5) is 4.53. The van der Waals surface area contributed by atoms with Crippen LogP contribution >= 0.6 is 0 Å². The molecule has 0 amide bonds. The van der Waals surface area contributed by atoms with E-state index in [4.69, 9.17) is 5.11 Å². The van der Waals surface area contributed by atoms with Crippen molar-refractivity contribution in [3.8, 4) is 0 Å². The van der Waals surface area contributed by atoms with Crippen LogP contribution in [0.4, 0.5) is 0 Å². The van der Waals surface area contributed by atoms with Gasteiger partial charge in [-0.1, -0.05) is 0 Å². The molecule has 2 heterocycles. The summed E-state index contributed by atoms with van der Waals surface area (Å²) in [6.07, 6.45) is -0.0655. The molecule has 0 unspecified atom stereocenters. The Kier molecular flexibility index (Phi) is 4.73. The minimum atomic E-state index is -0.423. The molecule has 0 radical (unpaired) electrons. The predicted molar refractivity (Wildman–Crippen MR) is 79.3 cm³/mol. The molecule has 114 valence electrons. The number of hydrogen-bond donors (Lipinski definition) is 2. The maximum atomic E-state index is 9.41. The maximum absolute atomic E-state index is 9.41. The van der Waals surface area contributed by atoms with Crippen molar-refractivity contribution in [1.82, 2.24) is 9.80 Å². The highest BCUT2D eigenvalue weighted by Gasteiger charge is 2.41. The molecule has 2 fully saturated rings. The zero-order valence-corrected chi connectivity index (χ0v) is 13.7. The van der Waals surface area contributed by atoms with Crippen molar-refractivity contribution in [3.63, 3.8) is 0 Å². The third kappa shape index (κ3) is 5.03. The van der Waals surface area contributed by atoms with E-state index in [1.54, 1.807) is 0 Å². The molecule has 0 aromatic carbocycles. The Morgan fingerprint density at radius 3 is 1.37 bits per heavy atom. The van der Waals surface area contributed by atoms with Crippen molar-refractivity contribution < 1.29 is 10.2 Å². The van der Waals surface area contributed by atoms with E-state index in [0.717, 1.165) is 26.2 Å². The second-order valence-electron chi connectivity index (χ2n) is 8.25. The average molecular weight is 272 g/mol. The van der Waals surface area contributed by atoms with Gasteiger partial charge in [0.2, 0.25) is 0 Å². The van der Waals surface area contributed by atoms with Crippen LogP contribution in [0.25, 0.3) is 0 Å².